The number of carboxylic acid groups (broad SMARTS) is 1. The van der Waals surface area contributed by atoms with Crippen molar-refractivity contribution in [1.29, 1.82) is 0 Å². The molecule has 1 saturated heterocycles. The maximum Gasteiger partial charge on any atom is 0.335 e. The molecule has 98 valence electrons. The zero-order valence-electron chi connectivity index (χ0n) is 10.1. The van der Waals surface area contributed by atoms with Crippen LogP contribution in [0.1, 0.15) is 25.6 Å². The maximum absolute atomic E-state index is 11.9. The number of aromatic nitrogens is 1. The van der Waals surface area contributed by atoms with Gasteiger partial charge in [0.05, 0.1) is 11.2 Å². The molecule has 2 heterocycles. The van der Waals surface area contributed by atoms with E-state index in [0.717, 1.165) is 0 Å². The highest BCUT2D eigenvalue weighted by Crippen LogP contribution is 2.31. The Kier molecular flexibility index (Phi) is 3.63. The Bertz CT molecular complexity index is 446. The van der Waals surface area contributed by atoms with Crippen LogP contribution in [0.3, 0.4) is 0 Å². The summed E-state index contributed by atoms with van der Waals surface area (Å²) in [5.41, 5.74) is 2.18. The van der Waals surface area contributed by atoms with Crippen LogP contribution in [0, 0.1) is 0 Å². The first kappa shape index (κ1) is 13.0. The molecule has 1 aromatic heterocycles. The fraction of sp³-hybridized carbons (Fsp3) is 0.545. The van der Waals surface area contributed by atoms with Gasteiger partial charge >= 0.3 is 5.97 Å². The lowest BCUT2D eigenvalue weighted by molar-refractivity contribution is -0.175. The van der Waals surface area contributed by atoms with Crippen molar-refractivity contribution in [2.75, 3.05) is 6.61 Å². The van der Waals surface area contributed by atoms with Gasteiger partial charge in [-0.05, 0) is 13.8 Å². The highest BCUT2D eigenvalue weighted by Gasteiger charge is 2.43. The standard InChI is InChI=1S/C11H14N2O4S/c1-6(2)13-8(14)3-17-10(11(15)16)9(13)7-4-18-5-12-7/h4-6,9-10H,3H2,1-2H3,(H,15,16). The van der Waals surface area contributed by atoms with Crippen LogP contribution >= 0.6 is 11.3 Å². The van der Waals surface area contributed by atoms with Gasteiger partial charge in [-0.1, -0.05) is 0 Å². The number of aliphatic carboxylic acids is 1. The van der Waals surface area contributed by atoms with Crippen LogP contribution in [0.5, 0.6) is 0 Å². The van der Waals surface area contributed by atoms with Crippen LogP contribution < -0.4 is 0 Å². The number of amides is 1. The predicted octanol–water partition coefficient (Wildman–Crippen LogP) is 0.905. The van der Waals surface area contributed by atoms with Crippen molar-refractivity contribution in [2.45, 2.75) is 32.0 Å². The number of carbonyl (C=O) groups excluding carboxylic acids is 1. The summed E-state index contributed by atoms with van der Waals surface area (Å²) in [4.78, 5) is 28.8. The van der Waals surface area contributed by atoms with Crippen LogP contribution in [0.15, 0.2) is 10.9 Å². The average molecular weight is 270 g/mol. The summed E-state index contributed by atoms with van der Waals surface area (Å²) in [5.74, 6) is -1.29. The molecule has 1 N–H and O–H groups in total. The first-order valence-corrected chi connectivity index (χ1v) is 6.50. The SMILES string of the molecule is CC(C)N1C(=O)COC(C(=O)O)C1c1cscn1. The normalized spacial score (nSPS) is 24.6. The summed E-state index contributed by atoms with van der Waals surface area (Å²) >= 11 is 1.36. The number of carboxylic acids is 1. The lowest BCUT2D eigenvalue weighted by Crippen LogP contribution is -2.54. The van der Waals surface area contributed by atoms with E-state index in [2.05, 4.69) is 4.98 Å². The van der Waals surface area contributed by atoms with Crippen molar-refractivity contribution < 1.29 is 19.4 Å². The molecule has 18 heavy (non-hydrogen) atoms. The van der Waals surface area contributed by atoms with E-state index in [4.69, 9.17) is 4.74 Å². The van der Waals surface area contributed by atoms with E-state index < -0.39 is 18.1 Å². The van der Waals surface area contributed by atoms with Gasteiger partial charge in [0.1, 0.15) is 12.6 Å². The topological polar surface area (TPSA) is 79.7 Å². The molecule has 2 atom stereocenters. The molecule has 6 nitrogen and oxygen atoms in total. The van der Waals surface area contributed by atoms with Crippen LogP contribution in [-0.4, -0.2) is 45.6 Å². The van der Waals surface area contributed by atoms with Gasteiger partial charge in [0.15, 0.2) is 6.10 Å². The molecule has 1 fully saturated rings. The quantitative estimate of drug-likeness (QED) is 0.883. The van der Waals surface area contributed by atoms with E-state index in [0.29, 0.717) is 5.69 Å². The Morgan fingerprint density at radius 3 is 2.89 bits per heavy atom. The zero-order chi connectivity index (χ0) is 13.3. The van der Waals surface area contributed by atoms with Gasteiger partial charge in [-0.25, -0.2) is 9.78 Å². The second-order valence-corrected chi connectivity index (χ2v) is 5.04. The Hall–Kier alpha value is -1.47. The predicted molar refractivity (Wildman–Crippen MR) is 64.2 cm³/mol. The van der Waals surface area contributed by atoms with E-state index in [1.807, 2.05) is 13.8 Å². The number of morpholine rings is 1. The van der Waals surface area contributed by atoms with Gasteiger partial charge in [0.25, 0.3) is 0 Å². The van der Waals surface area contributed by atoms with Crippen LogP contribution in [-0.2, 0) is 14.3 Å². The molecular weight excluding hydrogens is 256 g/mol. The number of hydrogen-bond donors (Lipinski definition) is 1. The van der Waals surface area contributed by atoms with E-state index in [1.165, 1.54) is 16.2 Å². The third-order valence-electron chi connectivity index (χ3n) is 2.81. The molecule has 2 unspecified atom stereocenters. The van der Waals surface area contributed by atoms with Crippen LogP contribution in [0.4, 0.5) is 0 Å². The minimum Gasteiger partial charge on any atom is -0.479 e. The zero-order valence-corrected chi connectivity index (χ0v) is 10.9. The second kappa shape index (κ2) is 5.03. The molecule has 0 spiro atoms. The first-order chi connectivity index (χ1) is 8.52. The maximum atomic E-state index is 11.9. The fourth-order valence-corrected chi connectivity index (χ4v) is 2.69. The first-order valence-electron chi connectivity index (χ1n) is 5.56. The lowest BCUT2D eigenvalue weighted by atomic mass is 10.0. The molecule has 0 saturated carbocycles. The van der Waals surface area contributed by atoms with Gasteiger partial charge in [-0.3, -0.25) is 4.79 Å². The average Bonchev–Trinajstić information content (AvgIpc) is 2.80. The third kappa shape index (κ3) is 2.23. The number of hydrogen-bond acceptors (Lipinski definition) is 5. The van der Waals surface area contributed by atoms with Crippen LogP contribution in [0.2, 0.25) is 0 Å². The molecule has 0 aromatic carbocycles. The smallest absolute Gasteiger partial charge is 0.335 e. The summed E-state index contributed by atoms with van der Waals surface area (Å²) in [5, 5.41) is 11.0. The lowest BCUT2D eigenvalue weighted by Gasteiger charge is -2.40. The van der Waals surface area contributed by atoms with Gasteiger partial charge in [0, 0.05) is 11.4 Å². The van der Waals surface area contributed by atoms with Crippen molar-refractivity contribution in [3.8, 4) is 0 Å². The number of rotatable bonds is 3. The van der Waals surface area contributed by atoms with Crippen molar-refractivity contribution >= 4 is 23.2 Å². The molecule has 1 aromatic rings. The molecule has 0 aliphatic carbocycles. The summed E-state index contributed by atoms with van der Waals surface area (Å²) < 4.78 is 5.14. The van der Waals surface area contributed by atoms with Gasteiger partial charge < -0.3 is 14.7 Å². The number of nitrogens with zero attached hydrogens (tertiary/aromatic N) is 2. The van der Waals surface area contributed by atoms with E-state index >= 15 is 0 Å². The molecule has 0 bridgehead atoms. The number of ether oxygens (including phenoxy) is 1. The van der Waals surface area contributed by atoms with Crippen molar-refractivity contribution in [3.05, 3.63) is 16.6 Å². The Labute approximate surface area is 108 Å². The number of thiazole rings is 1. The fourth-order valence-electron chi connectivity index (χ4n) is 2.11. The molecule has 1 amide bonds. The van der Waals surface area contributed by atoms with Crippen molar-refractivity contribution in [1.82, 2.24) is 9.88 Å². The third-order valence-corrected chi connectivity index (χ3v) is 3.42. The highest BCUT2D eigenvalue weighted by molar-refractivity contribution is 7.07. The minimum absolute atomic E-state index is 0.102. The molecular formula is C11H14N2O4S. The van der Waals surface area contributed by atoms with Crippen molar-refractivity contribution in [3.63, 3.8) is 0 Å². The van der Waals surface area contributed by atoms with E-state index in [9.17, 15) is 14.7 Å². The second-order valence-electron chi connectivity index (χ2n) is 4.32. The van der Waals surface area contributed by atoms with E-state index in [1.54, 1.807) is 10.9 Å². The van der Waals surface area contributed by atoms with Gasteiger partial charge in [-0.2, -0.15) is 0 Å². The van der Waals surface area contributed by atoms with E-state index in [-0.39, 0.29) is 18.6 Å². The van der Waals surface area contributed by atoms with Crippen LogP contribution in [0.25, 0.3) is 0 Å². The molecule has 1 aliphatic heterocycles. The van der Waals surface area contributed by atoms with Gasteiger partial charge in [-0.15, -0.1) is 11.3 Å². The largest absolute Gasteiger partial charge is 0.479 e. The molecule has 2 rings (SSSR count). The number of carbonyl (C=O) groups is 2. The van der Waals surface area contributed by atoms with Crippen molar-refractivity contribution in [2.24, 2.45) is 0 Å². The Balaban J connectivity index is 2.41. The molecule has 1 aliphatic rings. The minimum atomic E-state index is -1.08. The molecule has 7 heteroatoms. The summed E-state index contributed by atoms with van der Waals surface area (Å²) in [6.45, 7) is 3.50. The summed E-state index contributed by atoms with van der Waals surface area (Å²) in [7, 11) is 0. The monoisotopic (exact) mass is 270 g/mol. The Morgan fingerprint density at radius 1 is 1.67 bits per heavy atom. The molecule has 0 radical (unpaired) electrons. The summed E-state index contributed by atoms with van der Waals surface area (Å²) in [6.07, 6.45) is -1.06. The Morgan fingerprint density at radius 2 is 2.39 bits per heavy atom. The highest BCUT2D eigenvalue weighted by atomic mass is 32.1. The van der Waals surface area contributed by atoms with Gasteiger partial charge in [0.2, 0.25) is 5.91 Å². The summed E-state index contributed by atoms with van der Waals surface area (Å²) in [6, 6.07) is -0.759.